The van der Waals surface area contributed by atoms with Gasteiger partial charge in [0.1, 0.15) is 18.9 Å². The first-order chi connectivity index (χ1) is 18.3. The van der Waals surface area contributed by atoms with E-state index in [1.807, 2.05) is 74.5 Å². The van der Waals surface area contributed by atoms with Crippen LogP contribution in [0.4, 0.5) is 5.69 Å². The average Bonchev–Trinajstić information content (AvgIpc) is 2.94. The molecule has 0 aromatic heterocycles. The highest BCUT2D eigenvalue weighted by Gasteiger charge is 2.27. The van der Waals surface area contributed by atoms with E-state index < -0.39 is 22.5 Å². The highest BCUT2D eigenvalue weighted by Crippen LogP contribution is 2.25. The van der Waals surface area contributed by atoms with E-state index in [1.54, 1.807) is 30.3 Å². The van der Waals surface area contributed by atoms with Gasteiger partial charge in [0, 0.05) is 0 Å². The molecule has 0 aliphatic carbocycles. The second-order valence-corrected chi connectivity index (χ2v) is 10.6. The number of hydrazone groups is 1. The van der Waals surface area contributed by atoms with Gasteiger partial charge < -0.3 is 4.74 Å². The van der Waals surface area contributed by atoms with Gasteiger partial charge in [-0.1, -0.05) is 54.6 Å². The Hall–Kier alpha value is -4.43. The fourth-order valence-electron chi connectivity index (χ4n) is 3.65. The molecule has 0 heterocycles. The number of carbonyl (C=O) groups excluding carboxylic acids is 1. The number of aryl methyl sites for hydroxylation is 2. The molecule has 0 atom stereocenters. The Morgan fingerprint density at radius 2 is 1.53 bits per heavy atom. The number of nitrogens with zero attached hydrogens (tertiary/aromatic N) is 2. The Morgan fingerprint density at radius 1 is 0.868 bits per heavy atom. The van der Waals surface area contributed by atoms with E-state index in [9.17, 15) is 13.2 Å². The summed E-state index contributed by atoms with van der Waals surface area (Å²) in [5.41, 5.74) is 6.61. The van der Waals surface area contributed by atoms with Crippen molar-refractivity contribution >= 4 is 27.8 Å². The highest BCUT2D eigenvalue weighted by molar-refractivity contribution is 7.92. The standard InChI is InChI=1S/C30H29N3O4S/c1-23-13-16-27(19-24(23)2)33(38(35,36)29-11-7-4-8-12-29)21-30(34)32-31-20-25-14-17-28(18-15-25)37-22-26-9-5-3-6-10-26/h3-20H,21-22H2,1-2H3,(H,32,34)/b31-20-. The van der Waals surface area contributed by atoms with Crippen LogP contribution in [0, 0.1) is 13.8 Å². The van der Waals surface area contributed by atoms with Gasteiger partial charge in [0.25, 0.3) is 15.9 Å². The van der Waals surface area contributed by atoms with Crippen molar-refractivity contribution in [1.82, 2.24) is 5.43 Å². The molecule has 0 bridgehead atoms. The third-order valence-corrected chi connectivity index (χ3v) is 7.72. The number of ether oxygens (including phenoxy) is 1. The largest absolute Gasteiger partial charge is 0.489 e. The van der Waals surface area contributed by atoms with Crippen molar-refractivity contribution in [3.05, 3.63) is 125 Å². The number of hydrogen-bond acceptors (Lipinski definition) is 5. The smallest absolute Gasteiger partial charge is 0.264 e. The Kier molecular flexibility index (Phi) is 8.55. The highest BCUT2D eigenvalue weighted by atomic mass is 32.2. The number of rotatable bonds is 10. The van der Waals surface area contributed by atoms with Crippen LogP contribution in [0.1, 0.15) is 22.3 Å². The minimum absolute atomic E-state index is 0.101. The topological polar surface area (TPSA) is 88.1 Å². The number of benzene rings is 4. The molecule has 0 fully saturated rings. The van der Waals surface area contributed by atoms with Crippen molar-refractivity contribution in [3.8, 4) is 5.75 Å². The van der Waals surface area contributed by atoms with Crippen LogP contribution in [0.25, 0.3) is 0 Å². The van der Waals surface area contributed by atoms with Gasteiger partial charge in [0.05, 0.1) is 16.8 Å². The minimum atomic E-state index is -3.98. The summed E-state index contributed by atoms with van der Waals surface area (Å²) in [6.45, 7) is 3.88. The summed E-state index contributed by atoms with van der Waals surface area (Å²) in [5, 5.41) is 4.01. The summed E-state index contributed by atoms with van der Waals surface area (Å²) in [5.74, 6) is 0.145. The van der Waals surface area contributed by atoms with Crippen molar-refractivity contribution in [1.29, 1.82) is 0 Å². The van der Waals surface area contributed by atoms with Crippen LogP contribution in [0.2, 0.25) is 0 Å². The van der Waals surface area contributed by atoms with E-state index in [4.69, 9.17) is 4.74 Å². The predicted molar refractivity (Wildman–Crippen MR) is 150 cm³/mol. The van der Waals surface area contributed by atoms with Crippen LogP contribution in [0.15, 0.2) is 113 Å². The molecule has 0 saturated heterocycles. The number of hydrogen-bond donors (Lipinski definition) is 1. The maximum atomic E-state index is 13.4. The number of amides is 1. The number of anilines is 1. The third-order valence-electron chi connectivity index (χ3n) is 5.93. The molecule has 1 N–H and O–H groups in total. The first kappa shape index (κ1) is 26.6. The molecule has 194 valence electrons. The molecule has 38 heavy (non-hydrogen) atoms. The van der Waals surface area contributed by atoms with Crippen molar-refractivity contribution in [2.75, 3.05) is 10.8 Å². The predicted octanol–water partition coefficient (Wildman–Crippen LogP) is 5.23. The van der Waals surface area contributed by atoms with Crippen LogP contribution >= 0.6 is 0 Å². The summed E-state index contributed by atoms with van der Waals surface area (Å²) < 4.78 is 33.7. The average molecular weight is 528 g/mol. The van der Waals surface area contributed by atoms with Crippen LogP contribution in [-0.2, 0) is 21.4 Å². The zero-order valence-electron chi connectivity index (χ0n) is 21.2. The molecular formula is C30H29N3O4S. The second-order valence-electron chi connectivity index (χ2n) is 8.73. The monoisotopic (exact) mass is 527 g/mol. The molecule has 0 aliphatic heterocycles. The van der Waals surface area contributed by atoms with Gasteiger partial charge >= 0.3 is 0 Å². The molecule has 0 saturated carbocycles. The normalized spacial score (nSPS) is 11.3. The molecule has 0 unspecified atom stereocenters. The molecule has 4 aromatic rings. The van der Waals surface area contributed by atoms with Gasteiger partial charge in [-0.25, -0.2) is 13.8 Å². The quantitative estimate of drug-likeness (QED) is 0.226. The van der Waals surface area contributed by atoms with E-state index >= 15 is 0 Å². The van der Waals surface area contributed by atoms with E-state index in [0.29, 0.717) is 18.0 Å². The van der Waals surface area contributed by atoms with E-state index in [0.717, 1.165) is 26.6 Å². The van der Waals surface area contributed by atoms with Crippen molar-refractivity contribution in [3.63, 3.8) is 0 Å². The minimum Gasteiger partial charge on any atom is -0.489 e. The lowest BCUT2D eigenvalue weighted by Gasteiger charge is -2.24. The van der Waals surface area contributed by atoms with Gasteiger partial charge in [-0.15, -0.1) is 0 Å². The lowest BCUT2D eigenvalue weighted by Crippen LogP contribution is -2.39. The van der Waals surface area contributed by atoms with Gasteiger partial charge in [0.2, 0.25) is 0 Å². The van der Waals surface area contributed by atoms with E-state index in [-0.39, 0.29) is 4.90 Å². The van der Waals surface area contributed by atoms with Gasteiger partial charge in [-0.2, -0.15) is 5.10 Å². The molecule has 4 rings (SSSR count). The van der Waals surface area contributed by atoms with Crippen molar-refractivity contribution in [2.45, 2.75) is 25.3 Å². The zero-order chi connectivity index (χ0) is 27.0. The van der Waals surface area contributed by atoms with E-state index in [1.165, 1.54) is 18.3 Å². The molecule has 1 amide bonds. The fraction of sp³-hybridized carbons (Fsp3) is 0.133. The maximum Gasteiger partial charge on any atom is 0.264 e. The van der Waals surface area contributed by atoms with Crippen LogP contribution in [-0.4, -0.2) is 27.1 Å². The summed E-state index contributed by atoms with van der Waals surface area (Å²) in [6, 6.07) is 30.5. The number of carbonyl (C=O) groups is 1. The summed E-state index contributed by atoms with van der Waals surface area (Å²) in [4.78, 5) is 12.9. The second kappa shape index (κ2) is 12.2. The molecule has 8 heteroatoms. The third kappa shape index (κ3) is 6.86. The number of nitrogens with one attached hydrogen (secondary N) is 1. The first-order valence-electron chi connectivity index (χ1n) is 12.1. The molecule has 0 spiro atoms. The maximum absolute atomic E-state index is 13.4. The van der Waals surface area contributed by atoms with Crippen molar-refractivity contribution < 1.29 is 17.9 Å². The Labute approximate surface area is 223 Å². The summed E-state index contributed by atoms with van der Waals surface area (Å²) in [7, 11) is -3.98. The molecule has 4 aromatic carbocycles. The Bertz CT molecular complexity index is 1500. The zero-order valence-corrected chi connectivity index (χ0v) is 22.1. The van der Waals surface area contributed by atoms with Crippen LogP contribution < -0.4 is 14.5 Å². The first-order valence-corrected chi connectivity index (χ1v) is 13.5. The Balaban J connectivity index is 1.42. The summed E-state index contributed by atoms with van der Waals surface area (Å²) in [6.07, 6.45) is 1.49. The SMILES string of the molecule is Cc1ccc(N(CC(=O)N/N=C\c2ccc(OCc3ccccc3)cc2)S(=O)(=O)c2ccccc2)cc1C. The van der Waals surface area contributed by atoms with Crippen LogP contribution in [0.5, 0.6) is 5.75 Å². The van der Waals surface area contributed by atoms with E-state index in [2.05, 4.69) is 10.5 Å². The lowest BCUT2D eigenvalue weighted by molar-refractivity contribution is -0.119. The van der Waals surface area contributed by atoms with Crippen molar-refractivity contribution in [2.24, 2.45) is 5.10 Å². The summed E-state index contributed by atoms with van der Waals surface area (Å²) >= 11 is 0. The van der Waals surface area contributed by atoms with Crippen LogP contribution in [0.3, 0.4) is 0 Å². The molecule has 0 radical (unpaired) electrons. The number of sulfonamides is 1. The molecule has 7 nitrogen and oxygen atoms in total. The molecular weight excluding hydrogens is 498 g/mol. The fourth-order valence-corrected chi connectivity index (χ4v) is 5.08. The van der Waals surface area contributed by atoms with Gasteiger partial charge in [0.15, 0.2) is 0 Å². The lowest BCUT2D eigenvalue weighted by atomic mass is 10.1. The van der Waals surface area contributed by atoms with Gasteiger partial charge in [-0.05, 0) is 84.6 Å². The molecule has 0 aliphatic rings. The Morgan fingerprint density at radius 3 is 2.18 bits per heavy atom. The van der Waals surface area contributed by atoms with Gasteiger partial charge in [-0.3, -0.25) is 9.10 Å².